The fourth-order valence-electron chi connectivity index (χ4n) is 2.18. The summed E-state index contributed by atoms with van der Waals surface area (Å²) in [6.45, 7) is 1.54. The number of carbonyl (C=O) groups is 1. The molecule has 2 heterocycles. The van der Waals surface area contributed by atoms with Crippen molar-refractivity contribution >= 4 is 17.2 Å². The van der Waals surface area contributed by atoms with Crippen molar-refractivity contribution in [3.8, 4) is 0 Å². The van der Waals surface area contributed by atoms with Crippen LogP contribution >= 0.6 is 11.3 Å². The smallest absolute Gasteiger partial charge is 0.239 e. The number of nitrogens with zero attached hydrogens (tertiary/aromatic N) is 1. The zero-order chi connectivity index (χ0) is 13.0. The van der Waals surface area contributed by atoms with Gasteiger partial charge in [-0.1, -0.05) is 6.07 Å². The topological polar surface area (TPSA) is 41.6 Å². The molecular weight excluding hydrogens is 248 g/mol. The molecule has 4 nitrogen and oxygen atoms in total. The number of ether oxygens (including phenoxy) is 1. The zero-order valence-corrected chi connectivity index (χ0v) is 11.7. The molecule has 1 amide bonds. The van der Waals surface area contributed by atoms with Gasteiger partial charge in [-0.25, -0.2) is 0 Å². The number of methoxy groups -OCH3 is 1. The predicted molar refractivity (Wildman–Crippen MR) is 72.9 cm³/mol. The third-order valence-corrected chi connectivity index (χ3v) is 4.31. The van der Waals surface area contributed by atoms with Gasteiger partial charge in [0.1, 0.15) is 0 Å². The Labute approximate surface area is 112 Å². The van der Waals surface area contributed by atoms with Gasteiger partial charge in [0, 0.05) is 32.1 Å². The molecule has 1 aliphatic rings. The first-order valence-corrected chi connectivity index (χ1v) is 7.12. The van der Waals surface area contributed by atoms with E-state index in [1.165, 1.54) is 4.88 Å². The van der Waals surface area contributed by atoms with E-state index in [1.54, 1.807) is 18.4 Å². The average molecular weight is 268 g/mol. The second-order valence-electron chi connectivity index (χ2n) is 4.64. The molecule has 2 atom stereocenters. The molecule has 1 aliphatic heterocycles. The molecule has 2 rings (SSSR count). The van der Waals surface area contributed by atoms with Gasteiger partial charge in [-0.15, -0.1) is 11.3 Å². The normalized spacial score (nSPS) is 23.2. The van der Waals surface area contributed by atoms with Crippen LogP contribution in [0.15, 0.2) is 17.5 Å². The maximum atomic E-state index is 12.2. The summed E-state index contributed by atoms with van der Waals surface area (Å²) in [5.74, 6) is 0.172. The Bertz CT molecular complexity index is 380. The molecule has 100 valence electrons. The molecule has 0 radical (unpaired) electrons. The Kier molecular flexibility index (Phi) is 4.74. The molecule has 0 saturated carbocycles. The van der Waals surface area contributed by atoms with Crippen LogP contribution in [0.3, 0.4) is 0 Å². The van der Waals surface area contributed by atoms with E-state index in [-0.39, 0.29) is 18.1 Å². The Morgan fingerprint density at radius 2 is 2.50 bits per heavy atom. The number of amides is 1. The monoisotopic (exact) mass is 268 g/mol. The van der Waals surface area contributed by atoms with Crippen LogP contribution in [0.2, 0.25) is 0 Å². The summed E-state index contributed by atoms with van der Waals surface area (Å²) in [5.41, 5.74) is 0. The minimum Gasteiger partial charge on any atom is -0.380 e. The van der Waals surface area contributed by atoms with E-state index in [0.29, 0.717) is 0 Å². The Morgan fingerprint density at radius 3 is 3.11 bits per heavy atom. The minimum absolute atomic E-state index is 0.0803. The highest BCUT2D eigenvalue weighted by Gasteiger charge is 2.30. The second-order valence-corrected chi connectivity index (χ2v) is 5.68. The Morgan fingerprint density at radius 1 is 1.67 bits per heavy atom. The maximum Gasteiger partial charge on any atom is 0.239 e. The third kappa shape index (κ3) is 3.31. The average Bonchev–Trinajstić information content (AvgIpc) is 3.05. The zero-order valence-electron chi connectivity index (χ0n) is 10.9. The number of thiophene rings is 1. The van der Waals surface area contributed by atoms with Crippen LogP contribution in [0, 0.1) is 0 Å². The van der Waals surface area contributed by atoms with E-state index < -0.39 is 0 Å². The summed E-state index contributed by atoms with van der Waals surface area (Å²) in [6.07, 6.45) is 1.88. The van der Waals surface area contributed by atoms with Crippen LogP contribution in [0.25, 0.3) is 0 Å². The van der Waals surface area contributed by atoms with Gasteiger partial charge < -0.3 is 15.0 Å². The SMILES string of the molecule is COC1CNC(C(=O)N(C)CCc2cccs2)C1. The van der Waals surface area contributed by atoms with Crippen LogP contribution in [-0.4, -0.2) is 50.2 Å². The standard InChI is InChI=1S/C13H20N2O2S/c1-15(6-5-11-4-3-7-18-11)13(16)12-8-10(17-2)9-14-12/h3-4,7,10,12,14H,5-6,8-9H2,1-2H3. The van der Waals surface area contributed by atoms with E-state index >= 15 is 0 Å². The van der Waals surface area contributed by atoms with Gasteiger partial charge in [0.05, 0.1) is 12.1 Å². The summed E-state index contributed by atoms with van der Waals surface area (Å²) in [7, 11) is 3.57. The number of nitrogens with one attached hydrogen (secondary N) is 1. The second kappa shape index (κ2) is 6.31. The number of hydrogen-bond donors (Lipinski definition) is 1. The van der Waals surface area contributed by atoms with Crippen molar-refractivity contribution in [3.63, 3.8) is 0 Å². The van der Waals surface area contributed by atoms with Gasteiger partial charge in [-0.3, -0.25) is 4.79 Å². The molecule has 18 heavy (non-hydrogen) atoms. The lowest BCUT2D eigenvalue weighted by molar-refractivity contribution is -0.131. The van der Waals surface area contributed by atoms with Crippen LogP contribution in [-0.2, 0) is 16.0 Å². The molecule has 0 aromatic carbocycles. The van der Waals surface area contributed by atoms with Crippen molar-refractivity contribution in [2.75, 3.05) is 27.2 Å². The fraction of sp³-hybridized carbons (Fsp3) is 0.615. The van der Waals surface area contributed by atoms with Crippen LogP contribution in [0.1, 0.15) is 11.3 Å². The molecule has 1 aromatic rings. The number of carbonyl (C=O) groups excluding carboxylic acids is 1. The van der Waals surface area contributed by atoms with Crippen LogP contribution in [0.4, 0.5) is 0 Å². The summed E-state index contributed by atoms with van der Waals surface area (Å²) >= 11 is 1.74. The summed E-state index contributed by atoms with van der Waals surface area (Å²) < 4.78 is 5.26. The van der Waals surface area contributed by atoms with Crippen LogP contribution in [0.5, 0.6) is 0 Å². The van der Waals surface area contributed by atoms with E-state index in [0.717, 1.165) is 25.9 Å². The van der Waals surface area contributed by atoms with Gasteiger partial charge in [0.2, 0.25) is 5.91 Å². The quantitative estimate of drug-likeness (QED) is 0.870. The molecule has 1 aromatic heterocycles. The highest BCUT2D eigenvalue weighted by molar-refractivity contribution is 7.09. The van der Waals surface area contributed by atoms with Crippen molar-refractivity contribution in [2.45, 2.75) is 25.0 Å². The van der Waals surface area contributed by atoms with E-state index in [9.17, 15) is 4.79 Å². The number of rotatable bonds is 5. The molecule has 0 bridgehead atoms. The Hall–Kier alpha value is -0.910. The van der Waals surface area contributed by atoms with Crippen molar-refractivity contribution in [1.29, 1.82) is 0 Å². The van der Waals surface area contributed by atoms with Gasteiger partial charge in [0.25, 0.3) is 0 Å². The molecule has 5 heteroatoms. The molecular formula is C13H20N2O2S. The molecule has 1 fully saturated rings. The molecule has 2 unspecified atom stereocenters. The highest BCUT2D eigenvalue weighted by atomic mass is 32.1. The van der Waals surface area contributed by atoms with Crippen LogP contribution < -0.4 is 5.32 Å². The largest absolute Gasteiger partial charge is 0.380 e. The summed E-state index contributed by atoms with van der Waals surface area (Å²) in [5, 5.41) is 5.29. The van der Waals surface area contributed by atoms with Gasteiger partial charge in [-0.05, 0) is 24.3 Å². The fourth-order valence-corrected chi connectivity index (χ4v) is 2.88. The van der Waals surface area contributed by atoms with Crippen molar-refractivity contribution in [2.24, 2.45) is 0 Å². The first-order valence-electron chi connectivity index (χ1n) is 6.24. The molecule has 0 aliphatic carbocycles. The van der Waals surface area contributed by atoms with E-state index in [1.807, 2.05) is 18.0 Å². The number of hydrogen-bond acceptors (Lipinski definition) is 4. The molecule has 0 spiro atoms. The van der Waals surface area contributed by atoms with E-state index in [2.05, 4.69) is 16.8 Å². The minimum atomic E-state index is -0.0803. The predicted octanol–water partition coefficient (Wildman–Crippen LogP) is 1.13. The van der Waals surface area contributed by atoms with Crippen molar-refractivity contribution in [3.05, 3.63) is 22.4 Å². The lowest BCUT2D eigenvalue weighted by Crippen LogP contribution is -2.42. The molecule has 1 saturated heterocycles. The lowest BCUT2D eigenvalue weighted by Gasteiger charge is -2.20. The maximum absolute atomic E-state index is 12.2. The first-order chi connectivity index (χ1) is 8.70. The summed E-state index contributed by atoms with van der Waals surface area (Å²) in [6, 6.07) is 4.07. The van der Waals surface area contributed by atoms with Gasteiger partial charge in [0.15, 0.2) is 0 Å². The summed E-state index contributed by atoms with van der Waals surface area (Å²) in [4.78, 5) is 15.3. The van der Waals surface area contributed by atoms with E-state index in [4.69, 9.17) is 4.74 Å². The highest BCUT2D eigenvalue weighted by Crippen LogP contribution is 2.13. The Balaban J connectivity index is 1.78. The first kappa shape index (κ1) is 13.5. The van der Waals surface area contributed by atoms with Gasteiger partial charge in [-0.2, -0.15) is 0 Å². The molecule has 1 N–H and O–H groups in total. The lowest BCUT2D eigenvalue weighted by atomic mass is 10.2. The van der Waals surface area contributed by atoms with Crippen molar-refractivity contribution < 1.29 is 9.53 Å². The third-order valence-electron chi connectivity index (χ3n) is 3.37. The number of likely N-dealkylation sites (N-methyl/N-ethyl adjacent to an activating group) is 1. The van der Waals surface area contributed by atoms with Crippen molar-refractivity contribution in [1.82, 2.24) is 10.2 Å². The van der Waals surface area contributed by atoms with Gasteiger partial charge >= 0.3 is 0 Å².